The number of thiophene rings is 1. The molecule has 1 aromatic carbocycles. The van der Waals surface area contributed by atoms with Crippen molar-refractivity contribution in [3.8, 4) is 0 Å². The SMILES string of the molecule is CCN(CC(=O)Nc1c(Cl)cccc1Cl)C(=O)c1sccc1S(=O)(=O)N1CCCC1. The van der Waals surface area contributed by atoms with Crippen LogP contribution in [0.15, 0.2) is 34.5 Å². The van der Waals surface area contributed by atoms with Crippen LogP contribution in [0.2, 0.25) is 10.0 Å². The number of rotatable bonds is 7. The maximum Gasteiger partial charge on any atom is 0.265 e. The maximum atomic E-state index is 13.1. The van der Waals surface area contributed by atoms with Crippen LogP contribution in [0.4, 0.5) is 5.69 Å². The molecule has 11 heteroatoms. The molecule has 0 atom stereocenters. The third-order valence-corrected chi connectivity index (χ3v) is 8.34. The second-order valence-electron chi connectivity index (χ2n) is 6.69. The summed E-state index contributed by atoms with van der Waals surface area (Å²) in [5.74, 6) is -0.994. The highest BCUT2D eigenvalue weighted by molar-refractivity contribution is 7.89. The number of hydrogen-bond donors (Lipinski definition) is 1. The zero-order valence-electron chi connectivity index (χ0n) is 16.2. The summed E-state index contributed by atoms with van der Waals surface area (Å²) in [6, 6.07) is 6.28. The Morgan fingerprint density at radius 2 is 1.80 bits per heavy atom. The fraction of sp³-hybridized carbons (Fsp3) is 0.368. The average molecular weight is 490 g/mol. The Hall–Kier alpha value is -1.65. The van der Waals surface area contributed by atoms with Gasteiger partial charge in [0.2, 0.25) is 15.9 Å². The van der Waals surface area contributed by atoms with E-state index in [1.54, 1.807) is 30.5 Å². The van der Waals surface area contributed by atoms with E-state index in [1.807, 2.05) is 0 Å². The Morgan fingerprint density at radius 1 is 1.17 bits per heavy atom. The van der Waals surface area contributed by atoms with Crippen molar-refractivity contribution in [2.24, 2.45) is 0 Å². The predicted molar refractivity (Wildman–Crippen MR) is 119 cm³/mol. The van der Waals surface area contributed by atoms with Gasteiger partial charge >= 0.3 is 0 Å². The fourth-order valence-electron chi connectivity index (χ4n) is 3.16. The van der Waals surface area contributed by atoms with Crippen molar-refractivity contribution in [3.05, 3.63) is 44.6 Å². The zero-order chi connectivity index (χ0) is 21.9. The lowest BCUT2D eigenvalue weighted by atomic mass is 10.3. The van der Waals surface area contributed by atoms with Gasteiger partial charge in [-0.15, -0.1) is 11.3 Å². The van der Waals surface area contributed by atoms with Gasteiger partial charge in [0, 0.05) is 19.6 Å². The van der Waals surface area contributed by atoms with Crippen LogP contribution < -0.4 is 5.32 Å². The molecule has 3 rings (SSSR count). The number of amides is 2. The van der Waals surface area contributed by atoms with E-state index in [4.69, 9.17) is 23.2 Å². The molecule has 2 heterocycles. The molecular weight excluding hydrogens is 469 g/mol. The number of halogens is 2. The Labute approximate surface area is 189 Å². The molecule has 1 aliphatic heterocycles. The first kappa shape index (κ1) is 23.0. The van der Waals surface area contributed by atoms with Gasteiger partial charge in [-0.2, -0.15) is 4.31 Å². The van der Waals surface area contributed by atoms with Crippen molar-refractivity contribution in [2.75, 3.05) is 31.5 Å². The highest BCUT2D eigenvalue weighted by Gasteiger charge is 2.33. The highest BCUT2D eigenvalue weighted by atomic mass is 35.5. The lowest BCUT2D eigenvalue weighted by molar-refractivity contribution is -0.116. The topological polar surface area (TPSA) is 86.8 Å². The lowest BCUT2D eigenvalue weighted by Gasteiger charge is -2.22. The minimum absolute atomic E-state index is 0.00703. The molecule has 7 nitrogen and oxygen atoms in total. The minimum Gasteiger partial charge on any atom is -0.329 e. The quantitative estimate of drug-likeness (QED) is 0.637. The Bertz CT molecular complexity index is 1030. The van der Waals surface area contributed by atoms with E-state index in [9.17, 15) is 18.0 Å². The van der Waals surface area contributed by atoms with Crippen LogP contribution in [0.3, 0.4) is 0 Å². The van der Waals surface area contributed by atoms with Crippen LogP contribution in [-0.2, 0) is 14.8 Å². The molecule has 0 saturated carbocycles. The second-order valence-corrected chi connectivity index (χ2v) is 10.3. The summed E-state index contributed by atoms with van der Waals surface area (Å²) in [5.41, 5.74) is 0.266. The predicted octanol–water partition coefficient (Wildman–Crippen LogP) is 3.94. The first-order chi connectivity index (χ1) is 14.3. The van der Waals surface area contributed by atoms with Crippen LogP contribution in [-0.4, -0.2) is 55.6 Å². The number of likely N-dealkylation sites (N-methyl/N-ethyl adjacent to an activating group) is 1. The van der Waals surface area contributed by atoms with Crippen molar-refractivity contribution in [1.29, 1.82) is 0 Å². The van der Waals surface area contributed by atoms with Gasteiger partial charge < -0.3 is 10.2 Å². The molecule has 0 spiro atoms. The number of para-hydroxylation sites is 1. The van der Waals surface area contributed by atoms with E-state index in [1.165, 1.54) is 15.3 Å². The Kier molecular flexibility index (Phi) is 7.41. The maximum absolute atomic E-state index is 13.1. The first-order valence-corrected chi connectivity index (χ1v) is 12.4. The number of nitrogens with one attached hydrogen (secondary N) is 1. The van der Waals surface area contributed by atoms with Gasteiger partial charge in [0.1, 0.15) is 16.3 Å². The van der Waals surface area contributed by atoms with Crippen LogP contribution in [0.5, 0.6) is 0 Å². The molecule has 2 aromatic rings. The number of carbonyl (C=O) groups is 2. The van der Waals surface area contributed by atoms with E-state index in [0.717, 1.165) is 24.2 Å². The third-order valence-electron chi connectivity index (χ3n) is 4.74. The zero-order valence-corrected chi connectivity index (χ0v) is 19.4. The number of anilines is 1. The molecule has 2 amide bonds. The summed E-state index contributed by atoms with van der Waals surface area (Å²) in [4.78, 5) is 27.0. The van der Waals surface area contributed by atoms with Gasteiger partial charge in [0.05, 0.1) is 15.7 Å². The van der Waals surface area contributed by atoms with Gasteiger partial charge in [-0.1, -0.05) is 29.3 Å². The van der Waals surface area contributed by atoms with Crippen LogP contribution in [0.25, 0.3) is 0 Å². The molecule has 1 aromatic heterocycles. The number of carbonyl (C=O) groups excluding carboxylic acids is 2. The fourth-order valence-corrected chi connectivity index (χ4v) is 6.54. The second kappa shape index (κ2) is 9.65. The third kappa shape index (κ3) is 4.81. The van der Waals surface area contributed by atoms with E-state index >= 15 is 0 Å². The molecule has 0 bridgehead atoms. The summed E-state index contributed by atoms with van der Waals surface area (Å²) in [5, 5.41) is 4.75. The van der Waals surface area contributed by atoms with Gasteiger partial charge in [-0.25, -0.2) is 8.42 Å². The highest BCUT2D eigenvalue weighted by Crippen LogP contribution is 2.30. The van der Waals surface area contributed by atoms with Crippen LogP contribution >= 0.6 is 34.5 Å². The number of nitrogens with zero attached hydrogens (tertiary/aromatic N) is 2. The van der Waals surface area contributed by atoms with Crippen molar-refractivity contribution >= 4 is 62.1 Å². The lowest BCUT2D eigenvalue weighted by Crippen LogP contribution is -2.38. The minimum atomic E-state index is -3.74. The number of sulfonamides is 1. The summed E-state index contributed by atoms with van der Waals surface area (Å²) in [7, 11) is -3.74. The van der Waals surface area contributed by atoms with Gasteiger partial charge in [0.25, 0.3) is 5.91 Å². The first-order valence-electron chi connectivity index (χ1n) is 9.36. The summed E-state index contributed by atoms with van der Waals surface area (Å²) >= 11 is 13.2. The van der Waals surface area contributed by atoms with Crippen molar-refractivity contribution in [2.45, 2.75) is 24.7 Å². The average Bonchev–Trinajstić information content (AvgIpc) is 3.41. The van der Waals surface area contributed by atoms with E-state index in [0.29, 0.717) is 13.1 Å². The van der Waals surface area contributed by atoms with E-state index in [-0.39, 0.29) is 38.6 Å². The monoisotopic (exact) mass is 489 g/mol. The molecule has 0 unspecified atom stereocenters. The molecule has 1 aliphatic rings. The summed E-state index contributed by atoms with van der Waals surface area (Å²) < 4.78 is 27.2. The summed E-state index contributed by atoms with van der Waals surface area (Å²) in [6.07, 6.45) is 1.61. The van der Waals surface area contributed by atoms with Gasteiger partial charge in [-0.3, -0.25) is 9.59 Å². The van der Waals surface area contributed by atoms with Crippen molar-refractivity contribution < 1.29 is 18.0 Å². The molecule has 0 radical (unpaired) electrons. The molecular formula is C19H21Cl2N3O4S2. The van der Waals surface area contributed by atoms with E-state index in [2.05, 4.69) is 5.32 Å². The van der Waals surface area contributed by atoms with Crippen LogP contribution in [0.1, 0.15) is 29.4 Å². The Morgan fingerprint density at radius 3 is 2.40 bits per heavy atom. The van der Waals surface area contributed by atoms with Gasteiger partial charge in [0.15, 0.2) is 0 Å². The molecule has 30 heavy (non-hydrogen) atoms. The standard InChI is InChI=1S/C19H21Cl2N3O4S2/c1-2-23(12-16(25)22-17-13(20)6-5-7-14(17)21)19(26)18-15(8-11-29-18)30(27,28)24-9-3-4-10-24/h5-8,11H,2-4,9-10,12H2,1H3,(H,22,25). The summed E-state index contributed by atoms with van der Waals surface area (Å²) in [6.45, 7) is 2.58. The molecule has 0 aliphatic carbocycles. The molecule has 1 N–H and O–H groups in total. The Balaban J connectivity index is 1.77. The largest absolute Gasteiger partial charge is 0.329 e. The molecule has 162 valence electrons. The molecule has 1 saturated heterocycles. The van der Waals surface area contributed by atoms with Gasteiger partial charge in [-0.05, 0) is 43.3 Å². The van der Waals surface area contributed by atoms with Crippen LogP contribution in [0, 0.1) is 0 Å². The van der Waals surface area contributed by atoms with Crippen molar-refractivity contribution in [3.63, 3.8) is 0 Å². The van der Waals surface area contributed by atoms with E-state index < -0.39 is 21.8 Å². The molecule has 1 fully saturated rings. The van der Waals surface area contributed by atoms with Crippen molar-refractivity contribution in [1.82, 2.24) is 9.21 Å². The number of hydrogen-bond acceptors (Lipinski definition) is 5. The normalized spacial score (nSPS) is 14.6. The number of benzene rings is 1. The smallest absolute Gasteiger partial charge is 0.265 e.